The molecule has 84 valence electrons. The zero-order chi connectivity index (χ0) is 11.7. The van der Waals surface area contributed by atoms with Crippen molar-refractivity contribution < 1.29 is 4.79 Å². The van der Waals surface area contributed by atoms with Crippen molar-refractivity contribution in [1.29, 1.82) is 0 Å². The highest BCUT2D eigenvalue weighted by Gasteiger charge is 2.31. The van der Waals surface area contributed by atoms with Gasteiger partial charge >= 0.3 is 0 Å². The molecule has 1 fully saturated rings. The average Bonchev–Trinajstić information content (AvgIpc) is 2.20. The third-order valence-corrected chi connectivity index (χ3v) is 2.65. The van der Waals surface area contributed by atoms with E-state index in [1.54, 1.807) is 11.0 Å². The number of nitrogens with zero attached hydrogens (tertiary/aromatic N) is 3. The van der Waals surface area contributed by atoms with Crippen LogP contribution in [0.2, 0.25) is 0 Å². The molecule has 0 radical (unpaired) electrons. The first-order valence-corrected chi connectivity index (χ1v) is 5.09. The lowest BCUT2D eigenvalue weighted by Gasteiger charge is -2.38. The number of aryl methyl sites for hydroxylation is 1. The second-order valence-electron chi connectivity index (χ2n) is 3.86. The first-order valence-electron chi connectivity index (χ1n) is 5.09. The lowest BCUT2D eigenvalue weighted by molar-refractivity contribution is -0.131. The van der Waals surface area contributed by atoms with Crippen LogP contribution in [0.15, 0.2) is 29.6 Å². The monoisotopic (exact) mass is 219 g/mol. The molecule has 0 atom stereocenters. The molecule has 1 aromatic heterocycles. The van der Waals surface area contributed by atoms with Crippen molar-refractivity contribution in [1.82, 2.24) is 14.7 Å². The highest BCUT2D eigenvalue weighted by atomic mass is 16.2. The Labute approximate surface area is 93.0 Å². The summed E-state index contributed by atoms with van der Waals surface area (Å²) in [7, 11) is 0. The van der Waals surface area contributed by atoms with Gasteiger partial charge in [0, 0.05) is 19.2 Å². The smallest absolute Gasteiger partial charge is 0.267 e. The molecule has 1 saturated heterocycles. The summed E-state index contributed by atoms with van der Waals surface area (Å²) in [6.07, 6.45) is 1.28. The number of hydrogen-bond acceptors (Lipinski definition) is 3. The molecular weight excluding hydrogens is 206 g/mol. The first kappa shape index (κ1) is 10.6. The van der Waals surface area contributed by atoms with E-state index in [0.29, 0.717) is 13.1 Å². The van der Waals surface area contributed by atoms with Crippen LogP contribution in [-0.4, -0.2) is 33.7 Å². The Morgan fingerprint density at radius 2 is 2.25 bits per heavy atom. The van der Waals surface area contributed by atoms with Crippen LogP contribution in [0.1, 0.15) is 11.7 Å². The Hall–Kier alpha value is -1.91. The number of aromatic nitrogens is 2. The molecule has 0 aromatic carbocycles. The van der Waals surface area contributed by atoms with Crippen LogP contribution in [0, 0.1) is 6.92 Å². The van der Waals surface area contributed by atoms with E-state index in [-0.39, 0.29) is 17.5 Å². The summed E-state index contributed by atoms with van der Waals surface area (Å²) in [4.78, 5) is 24.4. The van der Waals surface area contributed by atoms with Gasteiger partial charge in [0.25, 0.3) is 5.56 Å². The molecule has 0 N–H and O–H groups in total. The third-order valence-electron chi connectivity index (χ3n) is 2.65. The predicted molar refractivity (Wildman–Crippen MR) is 59.0 cm³/mol. The van der Waals surface area contributed by atoms with Crippen molar-refractivity contribution in [3.05, 3.63) is 40.8 Å². The summed E-state index contributed by atoms with van der Waals surface area (Å²) in [5.74, 6) is -0.100. The number of amides is 1. The van der Waals surface area contributed by atoms with Gasteiger partial charge in [0.15, 0.2) is 0 Å². The Kier molecular flexibility index (Phi) is 2.60. The topological polar surface area (TPSA) is 55.2 Å². The molecule has 0 unspecified atom stereocenters. The lowest BCUT2D eigenvalue weighted by atomic mass is 10.1. The second-order valence-corrected chi connectivity index (χ2v) is 3.86. The van der Waals surface area contributed by atoms with Gasteiger partial charge in [0.2, 0.25) is 5.91 Å². The third kappa shape index (κ3) is 1.76. The van der Waals surface area contributed by atoms with Crippen LogP contribution >= 0.6 is 0 Å². The first-order chi connectivity index (χ1) is 7.61. The van der Waals surface area contributed by atoms with Gasteiger partial charge in [-0.05, 0) is 19.1 Å². The van der Waals surface area contributed by atoms with E-state index in [1.807, 2.05) is 6.92 Å². The fraction of sp³-hybridized carbons (Fsp3) is 0.364. The minimum absolute atomic E-state index is 0.00343. The van der Waals surface area contributed by atoms with Crippen LogP contribution in [0.25, 0.3) is 0 Å². The molecule has 0 saturated carbocycles. The van der Waals surface area contributed by atoms with Gasteiger partial charge in [-0.15, -0.1) is 0 Å². The van der Waals surface area contributed by atoms with Gasteiger partial charge in [-0.2, -0.15) is 5.10 Å². The van der Waals surface area contributed by atoms with Gasteiger partial charge in [-0.25, -0.2) is 4.68 Å². The van der Waals surface area contributed by atoms with Gasteiger partial charge in [-0.1, -0.05) is 6.58 Å². The minimum Gasteiger partial charge on any atom is -0.335 e. The van der Waals surface area contributed by atoms with Crippen molar-refractivity contribution in [2.24, 2.45) is 0 Å². The predicted octanol–water partition coefficient (Wildman–Crippen LogP) is 0.121. The molecule has 16 heavy (non-hydrogen) atoms. The Bertz CT molecular complexity index is 486. The Morgan fingerprint density at radius 3 is 2.88 bits per heavy atom. The zero-order valence-corrected chi connectivity index (χ0v) is 9.09. The van der Waals surface area contributed by atoms with Gasteiger partial charge in [0.1, 0.15) is 0 Å². The number of rotatable bonds is 2. The lowest BCUT2D eigenvalue weighted by Crippen LogP contribution is -2.52. The Morgan fingerprint density at radius 1 is 1.56 bits per heavy atom. The highest BCUT2D eigenvalue weighted by molar-refractivity contribution is 5.87. The van der Waals surface area contributed by atoms with Gasteiger partial charge in [-0.3, -0.25) is 9.59 Å². The van der Waals surface area contributed by atoms with E-state index in [9.17, 15) is 9.59 Å². The maximum absolute atomic E-state index is 11.5. The van der Waals surface area contributed by atoms with E-state index in [4.69, 9.17) is 0 Å². The quantitative estimate of drug-likeness (QED) is 0.664. The van der Waals surface area contributed by atoms with Crippen molar-refractivity contribution >= 4 is 5.91 Å². The number of carbonyl (C=O) groups excluding carboxylic acids is 1. The summed E-state index contributed by atoms with van der Waals surface area (Å²) < 4.78 is 1.45. The van der Waals surface area contributed by atoms with Crippen molar-refractivity contribution in [3.8, 4) is 0 Å². The normalized spacial score (nSPS) is 15.7. The minimum atomic E-state index is -0.124. The number of likely N-dealkylation sites (tertiary alicyclic amines) is 1. The molecule has 1 amide bonds. The van der Waals surface area contributed by atoms with E-state index < -0.39 is 0 Å². The molecule has 1 aliphatic heterocycles. The van der Waals surface area contributed by atoms with E-state index in [1.165, 1.54) is 16.8 Å². The molecule has 0 aliphatic carbocycles. The fourth-order valence-electron chi connectivity index (χ4n) is 1.70. The van der Waals surface area contributed by atoms with Crippen LogP contribution in [-0.2, 0) is 4.79 Å². The summed E-state index contributed by atoms with van der Waals surface area (Å²) in [5, 5.41) is 4.15. The largest absolute Gasteiger partial charge is 0.335 e. The van der Waals surface area contributed by atoms with Crippen LogP contribution < -0.4 is 5.56 Å². The summed E-state index contributed by atoms with van der Waals surface area (Å²) in [5.41, 5.74) is 0.675. The molecular formula is C11H13N3O2. The van der Waals surface area contributed by atoms with Gasteiger partial charge in [0.05, 0.1) is 11.7 Å². The summed E-state index contributed by atoms with van der Waals surface area (Å²) in [6, 6.07) is 3.18. The maximum atomic E-state index is 11.5. The standard InChI is InChI=1S/C11H13N3O2/c1-3-10(15)13-6-9(7-13)14-11(16)5-4-8(2)12-14/h3-5,9H,1,6-7H2,2H3. The second kappa shape index (κ2) is 3.92. The van der Waals surface area contributed by atoms with Crippen molar-refractivity contribution in [3.63, 3.8) is 0 Å². The molecule has 2 rings (SSSR count). The zero-order valence-electron chi connectivity index (χ0n) is 9.09. The van der Waals surface area contributed by atoms with Crippen LogP contribution in [0.5, 0.6) is 0 Å². The van der Waals surface area contributed by atoms with Gasteiger partial charge < -0.3 is 4.90 Å². The molecule has 0 bridgehead atoms. The number of hydrogen-bond donors (Lipinski definition) is 0. The summed E-state index contributed by atoms with van der Waals surface area (Å²) >= 11 is 0. The Balaban J connectivity index is 2.12. The fourth-order valence-corrected chi connectivity index (χ4v) is 1.70. The van der Waals surface area contributed by atoms with E-state index in [2.05, 4.69) is 11.7 Å². The maximum Gasteiger partial charge on any atom is 0.267 e. The average molecular weight is 219 g/mol. The molecule has 1 aromatic rings. The SMILES string of the molecule is C=CC(=O)N1CC(n2nc(C)ccc2=O)C1. The molecule has 0 spiro atoms. The molecule has 5 nitrogen and oxygen atoms in total. The molecule has 1 aliphatic rings. The van der Waals surface area contributed by atoms with E-state index >= 15 is 0 Å². The summed E-state index contributed by atoms with van der Waals surface area (Å²) in [6.45, 7) is 6.31. The highest BCUT2D eigenvalue weighted by Crippen LogP contribution is 2.18. The van der Waals surface area contributed by atoms with Crippen LogP contribution in [0.3, 0.4) is 0 Å². The number of carbonyl (C=O) groups is 1. The van der Waals surface area contributed by atoms with E-state index in [0.717, 1.165) is 5.69 Å². The molecule has 2 heterocycles. The molecule has 5 heteroatoms. The van der Waals surface area contributed by atoms with Crippen molar-refractivity contribution in [2.45, 2.75) is 13.0 Å². The van der Waals surface area contributed by atoms with Crippen molar-refractivity contribution in [2.75, 3.05) is 13.1 Å². The van der Waals surface area contributed by atoms with Crippen LogP contribution in [0.4, 0.5) is 0 Å².